The summed E-state index contributed by atoms with van der Waals surface area (Å²) < 4.78 is 26.3. The number of halogens is 2. The Bertz CT molecular complexity index is 1260. The molecule has 2 aromatic carbocycles. The summed E-state index contributed by atoms with van der Waals surface area (Å²) in [6, 6.07) is 9.99. The van der Waals surface area contributed by atoms with E-state index >= 15 is 0 Å². The number of sulfone groups is 1. The number of aryl methyl sites for hydroxylation is 1. The molecule has 0 bridgehead atoms. The van der Waals surface area contributed by atoms with E-state index in [0.717, 1.165) is 28.9 Å². The molecule has 10 heteroatoms. The predicted molar refractivity (Wildman–Crippen MR) is 145 cm³/mol. The van der Waals surface area contributed by atoms with E-state index in [1.807, 2.05) is 19.1 Å². The summed E-state index contributed by atoms with van der Waals surface area (Å²) in [4.78, 5) is 22.5. The first kappa shape index (κ1) is 28.5. The van der Waals surface area contributed by atoms with Gasteiger partial charge in [-0.15, -0.1) is 12.4 Å². The van der Waals surface area contributed by atoms with E-state index in [0.29, 0.717) is 28.8 Å². The van der Waals surface area contributed by atoms with Crippen molar-refractivity contribution in [2.24, 2.45) is 0 Å². The Kier molecular flexibility index (Phi) is 9.91. The van der Waals surface area contributed by atoms with Gasteiger partial charge in [-0.3, -0.25) is 9.69 Å². The molecule has 186 valence electrons. The number of rotatable bonds is 9. The van der Waals surface area contributed by atoms with Crippen LogP contribution in [0.5, 0.6) is 0 Å². The van der Waals surface area contributed by atoms with E-state index in [1.54, 1.807) is 30.9 Å². The van der Waals surface area contributed by atoms with Crippen LogP contribution < -0.4 is 4.90 Å². The van der Waals surface area contributed by atoms with Gasteiger partial charge in [-0.25, -0.2) is 13.4 Å². The summed E-state index contributed by atoms with van der Waals surface area (Å²) in [5.74, 6) is -0.272. The summed E-state index contributed by atoms with van der Waals surface area (Å²) in [5, 5.41) is 0.631. The van der Waals surface area contributed by atoms with Crippen LogP contribution >= 0.6 is 35.3 Å². The highest BCUT2D eigenvalue weighted by Crippen LogP contribution is 2.34. The van der Waals surface area contributed by atoms with Crippen LogP contribution in [0.1, 0.15) is 43.6 Å². The molecule has 0 saturated heterocycles. The van der Waals surface area contributed by atoms with Gasteiger partial charge in [0.25, 0.3) is 5.91 Å². The lowest BCUT2D eigenvalue weighted by Gasteiger charge is -2.25. The predicted octanol–water partition coefficient (Wildman–Crippen LogP) is 5.85. The van der Waals surface area contributed by atoms with E-state index in [-0.39, 0.29) is 23.2 Å². The maximum atomic E-state index is 13.7. The van der Waals surface area contributed by atoms with Crippen molar-refractivity contribution < 1.29 is 13.2 Å². The third-order valence-corrected chi connectivity index (χ3v) is 9.08. The van der Waals surface area contributed by atoms with Crippen molar-refractivity contribution in [2.75, 3.05) is 31.1 Å². The van der Waals surface area contributed by atoms with E-state index in [4.69, 9.17) is 16.6 Å². The fraction of sp³-hybridized carbons (Fsp3) is 0.417. The summed E-state index contributed by atoms with van der Waals surface area (Å²) >= 11 is 7.64. The molecule has 6 nitrogen and oxygen atoms in total. The lowest BCUT2D eigenvalue weighted by atomic mass is 10.2. The number of aromatic nitrogens is 1. The summed E-state index contributed by atoms with van der Waals surface area (Å²) in [6.07, 6.45) is 0. The van der Waals surface area contributed by atoms with Gasteiger partial charge in [0.1, 0.15) is 0 Å². The van der Waals surface area contributed by atoms with E-state index in [9.17, 15) is 13.2 Å². The highest BCUT2D eigenvalue weighted by Gasteiger charge is 2.25. The zero-order valence-corrected chi connectivity index (χ0v) is 23.2. The van der Waals surface area contributed by atoms with Gasteiger partial charge in [-0.2, -0.15) is 0 Å². The maximum absolute atomic E-state index is 13.7. The largest absolute Gasteiger partial charge is 0.302 e. The number of carbonyl (C=O) groups is 1. The first-order chi connectivity index (χ1) is 15.6. The summed E-state index contributed by atoms with van der Waals surface area (Å²) in [5.41, 5.74) is 2.09. The number of benzene rings is 2. The topological polar surface area (TPSA) is 70.6 Å². The Hall–Kier alpha value is -1.71. The molecule has 1 amide bonds. The van der Waals surface area contributed by atoms with Gasteiger partial charge in [-0.1, -0.05) is 42.9 Å². The molecule has 0 aliphatic rings. The molecule has 0 aliphatic carbocycles. The molecule has 0 fully saturated rings. The second-order valence-electron chi connectivity index (χ2n) is 8.17. The van der Waals surface area contributed by atoms with E-state index in [1.165, 1.54) is 23.5 Å². The first-order valence-corrected chi connectivity index (χ1v) is 13.8. The number of amides is 1. The minimum atomic E-state index is -3.49. The number of nitrogens with zero attached hydrogens (tertiary/aromatic N) is 3. The molecule has 0 atom stereocenters. The number of carbonyl (C=O) groups excluding carboxylic acids is 1. The van der Waals surface area contributed by atoms with Crippen molar-refractivity contribution in [2.45, 2.75) is 44.8 Å². The summed E-state index contributed by atoms with van der Waals surface area (Å²) in [6.45, 7) is 12.2. The number of hydrogen-bond donors (Lipinski definition) is 0. The fourth-order valence-electron chi connectivity index (χ4n) is 3.56. The highest BCUT2D eigenvalue weighted by atomic mass is 35.5. The molecule has 3 rings (SSSR count). The molecule has 0 N–H and O–H groups in total. The highest BCUT2D eigenvalue weighted by molar-refractivity contribution is 7.92. The Morgan fingerprint density at radius 1 is 1.12 bits per heavy atom. The van der Waals surface area contributed by atoms with Crippen LogP contribution in [0.4, 0.5) is 5.13 Å². The van der Waals surface area contributed by atoms with Crippen molar-refractivity contribution in [3.8, 4) is 0 Å². The Balaban J connectivity index is 0.00000408. The maximum Gasteiger partial charge on any atom is 0.260 e. The zero-order valence-electron chi connectivity index (χ0n) is 20.0. The van der Waals surface area contributed by atoms with Gasteiger partial charge in [0.05, 0.1) is 20.4 Å². The lowest BCUT2D eigenvalue weighted by molar-refractivity contribution is 0.0983. The van der Waals surface area contributed by atoms with Crippen LogP contribution in [0.3, 0.4) is 0 Å². The van der Waals surface area contributed by atoms with Crippen LogP contribution in [0.25, 0.3) is 10.2 Å². The van der Waals surface area contributed by atoms with Gasteiger partial charge in [0.2, 0.25) is 0 Å². The Morgan fingerprint density at radius 3 is 2.41 bits per heavy atom. The van der Waals surface area contributed by atoms with Crippen LogP contribution in [0, 0.1) is 6.92 Å². The molecule has 0 aliphatic heterocycles. The molecular formula is C24H31Cl2N3O3S2. The van der Waals surface area contributed by atoms with Gasteiger partial charge < -0.3 is 4.90 Å². The monoisotopic (exact) mass is 543 g/mol. The van der Waals surface area contributed by atoms with E-state index in [2.05, 4.69) is 18.7 Å². The fourth-order valence-corrected chi connectivity index (χ4v) is 6.11. The third-order valence-electron chi connectivity index (χ3n) is 5.68. The second-order valence-corrected chi connectivity index (χ2v) is 12.1. The van der Waals surface area contributed by atoms with Crippen LogP contribution in [-0.4, -0.2) is 55.6 Å². The van der Waals surface area contributed by atoms with Gasteiger partial charge >= 0.3 is 0 Å². The Labute approximate surface area is 217 Å². The number of fused-ring (bicyclic) bond motifs is 1. The van der Waals surface area contributed by atoms with Gasteiger partial charge in [-0.05, 0) is 69.8 Å². The van der Waals surface area contributed by atoms with Crippen molar-refractivity contribution >= 4 is 66.4 Å². The number of thiazole rings is 1. The minimum absolute atomic E-state index is 0. The molecule has 1 heterocycles. The van der Waals surface area contributed by atoms with Crippen molar-refractivity contribution in [3.63, 3.8) is 0 Å². The third kappa shape index (κ3) is 6.10. The van der Waals surface area contributed by atoms with Gasteiger partial charge in [0.15, 0.2) is 15.0 Å². The molecule has 0 spiro atoms. The van der Waals surface area contributed by atoms with Crippen molar-refractivity contribution in [3.05, 3.63) is 52.5 Å². The quantitative estimate of drug-likeness (QED) is 0.338. The standard InChI is InChI=1S/C24H30ClN3O3S2.ClH/c1-6-27(7-2)11-12-28(24-26-22-17(5)13-19(25)15-21(22)32-24)23(29)18-9-8-10-20(14-18)33(30,31)16(3)4;/h8-10,13-16H,6-7,11-12H2,1-5H3;1H. The van der Waals surface area contributed by atoms with Crippen LogP contribution in [-0.2, 0) is 9.84 Å². The second kappa shape index (κ2) is 11.8. The van der Waals surface area contributed by atoms with Crippen LogP contribution in [0.15, 0.2) is 41.3 Å². The average molecular weight is 545 g/mol. The molecule has 1 aromatic heterocycles. The normalized spacial score (nSPS) is 11.8. The van der Waals surface area contributed by atoms with Gasteiger partial charge in [0, 0.05) is 23.7 Å². The average Bonchev–Trinajstić information content (AvgIpc) is 3.20. The van der Waals surface area contributed by atoms with Crippen molar-refractivity contribution in [1.82, 2.24) is 9.88 Å². The van der Waals surface area contributed by atoms with Crippen LogP contribution in [0.2, 0.25) is 5.02 Å². The molecule has 0 saturated carbocycles. The molecule has 34 heavy (non-hydrogen) atoms. The molecule has 3 aromatic rings. The molecule has 0 radical (unpaired) electrons. The number of anilines is 1. The van der Waals surface area contributed by atoms with E-state index < -0.39 is 15.1 Å². The smallest absolute Gasteiger partial charge is 0.260 e. The van der Waals surface area contributed by atoms with Crippen molar-refractivity contribution in [1.29, 1.82) is 0 Å². The number of hydrogen-bond acceptors (Lipinski definition) is 6. The Morgan fingerprint density at radius 2 is 1.79 bits per heavy atom. The number of likely N-dealkylation sites (N-methyl/N-ethyl adjacent to an activating group) is 1. The molecular weight excluding hydrogens is 513 g/mol. The SMILES string of the molecule is CCN(CC)CCN(C(=O)c1cccc(S(=O)(=O)C(C)C)c1)c1nc2c(C)cc(Cl)cc2s1.Cl. The zero-order chi connectivity index (χ0) is 24.3. The first-order valence-electron chi connectivity index (χ1n) is 11.0. The lowest BCUT2D eigenvalue weighted by Crippen LogP contribution is -2.39. The minimum Gasteiger partial charge on any atom is -0.302 e. The summed E-state index contributed by atoms with van der Waals surface area (Å²) in [7, 11) is -3.49. The molecule has 0 unspecified atom stereocenters.